The molecule has 0 heterocycles. The second-order valence-corrected chi connectivity index (χ2v) is 4.07. The van der Waals surface area contributed by atoms with Gasteiger partial charge in [0.05, 0.1) is 0 Å². The normalized spacial score (nSPS) is 10.1. The van der Waals surface area contributed by atoms with E-state index < -0.39 is 0 Å². The first kappa shape index (κ1) is 13.5. The van der Waals surface area contributed by atoms with E-state index in [1.807, 2.05) is 38.1 Å². The summed E-state index contributed by atoms with van der Waals surface area (Å²) >= 11 is 0. The molecule has 0 atom stereocenters. The van der Waals surface area contributed by atoms with E-state index in [1.54, 1.807) is 4.90 Å². The van der Waals surface area contributed by atoms with E-state index in [0.717, 1.165) is 18.7 Å². The van der Waals surface area contributed by atoms with Gasteiger partial charge >= 0.3 is 6.03 Å². The topological polar surface area (TPSA) is 58.4 Å². The van der Waals surface area contributed by atoms with Crippen molar-refractivity contribution in [2.24, 2.45) is 5.73 Å². The van der Waals surface area contributed by atoms with Crippen LogP contribution in [0.5, 0.6) is 0 Å². The molecule has 0 unspecified atom stereocenters. The lowest BCUT2D eigenvalue weighted by Crippen LogP contribution is -2.38. The second kappa shape index (κ2) is 6.91. The Bertz CT molecular complexity index is 342. The number of nitrogens with two attached hydrogens (primary N) is 1. The maximum absolute atomic E-state index is 11.9. The fourth-order valence-corrected chi connectivity index (χ4v) is 1.58. The van der Waals surface area contributed by atoms with Crippen LogP contribution in [-0.4, -0.2) is 30.6 Å². The molecule has 1 aromatic rings. The molecule has 17 heavy (non-hydrogen) atoms. The van der Waals surface area contributed by atoms with Gasteiger partial charge in [0.25, 0.3) is 0 Å². The van der Waals surface area contributed by atoms with E-state index in [1.165, 1.54) is 5.56 Å². The summed E-state index contributed by atoms with van der Waals surface area (Å²) in [7, 11) is 0. The van der Waals surface area contributed by atoms with Gasteiger partial charge in [-0.25, -0.2) is 4.79 Å². The van der Waals surface area contributed by atoms with Gasteiger partial charge in [-0.3, -0.25) is 0 Å². The van der Waals surface area contributed by atoms with Gasteiger partial charge in [-0.1, -0.05) is 24.6 Å². The van der Waals surface area contributed by atoms with Gasteiger partial charge in [-0.05, 0) is 25.5 Å². The monoisotopic (exact) mass is 235 g/mol. The zero-order valence-electron chi connectivity index (χ0n) is 10.6. The number of aryl methyl sites for hydroxylation is 1. The van der Waals surface area contributed by atoms with E-state index in [2.05, 4.69) is 5.32 Å². The van der Waals surface area contributed by atoms with Crippen molar-refractivity contribution < 1.29 is 4.79 Å². The summed E-state index contributed by atoms with van der Waals surface area (Å²) in [5, 5.41) is 2.87. The van der Waals surface area contributed by atoms with Crippen LogP contribution in [0.3, 0.4) is 0 Å². The highest BCUT2D eigenvalue weighted by molar-refractivity contribution is 5.89. The molecule has 0 fully saturated rings. The minimum atomic E-state index is -0.0823. The number of hydrogen-bond donors (Lipinski definition) is 2. The zero-order chi connectivity index (χ0) is 12.7. The molecule has 0 saturated carbocycles. The predicted molar refractivity (Wildman–Crippen MR) is 71.1 cm³/mol. The van der Waals surface area contributed by atoms with Gasteiger partial charge in [0.2, 0.25) is 0 Å². The molecule has 0 aromatic heterocycles. The molecule has 0 saturated heterocycles. The van der Waals surface area contributed by atoms with E-state index in [4.69, 9.17) is 5.73 Å². The number of carbonyl (C=O) groups excluding carboxylic acids is 1. The molecule has 0 spiro atoms. The molecule has 0 aliphatic rings. The Hall–Kier alpha value is -1.55. The maximum atomic E-state index is 11.9. The number of benzene rings is 1. The molecule has 1 rings (SSSR count). The second-order valence-electron chi connectivity index (χ2n) is 4.07. The fraction of sp³-hybridized carbons (Fsp3) is 0.462. The third-order valence-electron chi connectivity index (χ3n) is 2.48. The molecule has 0 bridgehead atoms. The quantitative estimate of drug-likeness (QED) is 0.822. The first-order valence-electron chi connectivity index (χ1n) is 6.00. The highest BCUT2D eigenvalue weighted by Gasteiger charge is 2.11. The van der Waals surface area contributed by atoms with Crippen LogP contribution in [0.4, 0.5) is 10.5 Å². The Morgan fingerprint density at radius 1 is 1.29 bits per heavy atom. The first-order chi connectivity index (χ1) is 8.17. The van der Waals surface area contributed by atoms with Crippen LogP contribution in [0.2, 0.25) is 0 Å². The van der Waals surface area contributed by atoms with Crippen molar-refractivity contribution in [2.45, 2.75) is 20.3 Å². The smallest absolute Gasteiger partial charge is 0.321 e. The Labute approximate surface area is 103 Å². The largest absolute Gasteiger partial charge is 0.329 e. The summed E-state index contributed by atoms with van der Waals surface area (Å²) in [4.78, 5) is 13.7. The van der Waals surface area contributed by atoms with Gasteiger partial charge in [-0.15, -0.1) is 0 Å². The molecule has 1 aromatic carbocycles. The standard InChI is InChI=1S/C13H21N3O/c1-3-9-16(10-8-14)13(17)15-12-6-4-11(2)5-7-12/h4-7H,3,8-10,14H2,1-2H3,(H,15,17). The van der Waals surface area contributed by atoms with E-state index in [0.29, 0.717) is 13.1 Å². The van der Waals surface area contributed by atoms with Gasteiger partial charge < -0.3 is 16.0 Å². The third kappa shape index (κ3) is 4.44. The van der Waals surface area contributed by atoms with Crippen LogP contribution in [0.25, 0.3) is 0 Å². The summed E-state index contributed by atoms with van der Waals surface area (Å²) in [6.45, 7) is 5.87. The van der Waals surface area contributed by atoms with Crippen molar-refractivity contribution in [2.75, 3.05) is 25.0 Å². The summed E-state index contributed by atoms with van der Waals surface area (Å²) in [5.41, 5.74) is 7.48. The van der Waals surface area contributed by atoms with Crippen LogP contribution >= 0.6 is 0 Å². The van der Waals surface area contributed by atoms with Crippen molar-refractivity contribution in [3.8, 4) is 0 Å². The minimum Gasteiger partial charge on any atom is -0.329 e. The first-order valence-corrected chi connectivity index (χ1v) is 6.00. The molecule has 0 radical (unpaired) electrons. The van der Waals surface area contributed by atoms with Gasteiger partial charge in [0, 0.05) is 25.3 Å². The number of anilines is 1. The number of rotatable bonds is 5. The van der Waals surface area contributed by atoms with Crippen molar-refractivity contribution in [1.82, 2.24) is 4.90 Å². The van der Waals surface area contributed by atoms with E-state index in [-0.39, 0.29) is 6.03 Å². The average molecular weight is 235 g/mol. The van der Waals surface area contributed by atoms with E-state index in [9.17, 15) is 4.79 Å². The number of hydrogen-bond acceptors (Lipinski definition) is 2. The highest BCUT2D eigenvalue weighted by atomic mass is 16.2. The predicted octanol–water partition coefficient (Wildman–Crippen LogP) is 2.20. The SMILES string of the molecule is CCCN(CCN)C(=O)Nc1ccc(C)cc1. The lowest BCUT2D eigenvalue weighted by Gasteiger charge is -2.21. The van der Waals surface area contributed by atoms with Crippen molar-refractivity contribution in [1.29, 1.82) is 0 Å². The number of nitrogens with zero attached hydrogens (tertiary/aromatic N) is 1. The fourth-order valence-electron chi connectivity index (χ4n) is 1.58. The average Bonchev–Trinajstić information content (AvgIpc) is 2.32. The summed E-state index contributed by atoms with van der Waals surface area (Å²) < 4.78 is 0. The molecular formula is C13H21N3O. The van der Waals surface area contributed by atoms with Crippen LogP contribution in [0.1, 0.15) is 18.9 Å². The Kier molecular flexibility index (Phi) is 5.49. The lowest BCUT2D eigenvalue weighted by molar-refractivity contribution is 0.213. The Balaban J connectivity index is 2.59. The molecule has 0 aliphatic heterocycles. The molecule has 0 aliphatic carbocycles. The van der Waals surface area contributed by atoms with Crippen molar-refractivity contribution in [3.63, 3.8) is 0 Å². The van der Waals surface area contributed by atoms with Gasteiger partial charge in [-0.2, -0.15) is 0 Å². The van der Waals surface area contributed by atoms with Crippen LogP contribution in [0, 0.1) is 6.92 Å². The summed E-state index contributed by atoms with van der Waals surface area (Å²) in [6, 6.07) is 7.67. The van der Waals surface area contributed by atoms with Crippen molar-refractivity contribution >= 4 is 11.7 Å². The number of carbonyl (C=O) groups is 1. The molecule has 4 heteroatoms. The molecule has 4 nitrogen and oxygen atoms in total. The van der Waals surface area contributed by atoms with Crippen LogP contribution in [0.15, 0.2) is 24.3 Å². The van der Waals surface area contributed by atoms with Crippen molar-refractivity contribution in [3.05, 3.63) is 29.8 Å². The number of nitrogens with one attached hydrogen (secondary N) is 1. The number of amides is 2. The Morgan fingerprint density at radius 2 is 1.94 bits per heavy atom. The number of urea groups is 1. The molecular weight excluding hydrogens is 214 g/mol. The van der Waals surface area contributed by atoms with Crippen LogP contribution in [-0.2, 0) is 0 Å². The Morgan fingerprint density at radius 3 is 2.47 bits per heavy atom. The molecule has 2 amide bonds. The zero-order valence-corrected chi connectivity index (χ0v) is 10.6. The molecule has 3 N–H and O–H groups in total. The lowest BCUT2D eigenvalue weighted by atomic mass is 10.2. The van der Waals surface area contributed by atoms with E-state index >= 15 is 0 Å². The van der Waals surface area contributed by atoms with Gasteiger partial charge in [0.1, 0.15) is 0 Å². The van der Waals surface area contributed by atoms with Gasteiger partial charge in [0.15, 0.2) is 0 Å². The maximum Gasteiger partial charge on any atom is 0.321 e. The summed E-state index contributed by atoms with van der Waals surface area (Å²) in [5.74, 6) is 0. The third-order valence-corrected chi connectivity index (χ3v) is 2.48. The highest BCUT2D eigenvalue weighted by Crippen LogP contribution is 2.09. The minimum absolute atomic E-state index is 0.0823. The summed E-state index contributed by atoms with van der Waals surface area (Å²) in [6.07, 6.45) is 0.932. The van der Waals surface area contributed by atoms with Crippen LogP contribution < -0.4 is 11.1 Å². The molecule has 94 valence electrons.